The first kappa shape index (κ1) is 16.4. The lowest BCUT2D eigenvalue weighted by Crippen LogP contribution is -1.93. The zero-order valence-electron chi connectivity index (χ0n) is 12.2. The number of ether oxygens (including phenoxy) is 1. The van der Waals surface area contributed by atoms with Crippen molar-refractivity contribution in [2.45, 2.75) is 33.0 Å². The molecule has 2 aromatic carbocycles. The summed E-state index contributed by atoms with van der Waals surface area (Å²) in [5.74, 6) is 0. The molecule has 0 radical (unpaired) electrons. The van der Waals surface area contributed by atoms with Crippen LogP contribution >= 0.6 is 0 Å². The first-order chi connectivity index (χ1) is 9.86. The maximum absolute atomic E-state index is 8.07. The molecule has 0 saturated heterocycles. The molecule has 0 heterocycles. The summed E-state index contributed by atoms with van der Waals surface area (Å²) >= 11 is 0. The van der Waals surface area contributed by atoms with Crippen LogP contribution in [0, 0.1) is 0 Å². The molecule has 0 bridgehead atoms. The van der Waals surface area contributed by atoms with Crippen molar-refractivity contribution >= 4 is 0 Å². The zero-order valence-corrected chi connectivity index (χ0v) is 12.2. The average Bonchev–Trinajstić information content (AvgIpc) is 2.51. The topological polar surface area (TPSA) is 29.5 Å². The molecule has 2 rings (SSSR count). The van der Waals surface area contributed by atoms with E-state index in [4.69, 9.17) is 9.84 Å². The summed E-state index contributed by atoms with van der Waals surface area (Å²) in [5, 5.41) is 8.07. The molecular formula is C18H24O2. The fraction of sp³-hybridized carbons (Fsp3) is 0.333. The van der Waals surface area contributed by atoms with Crippen molar-refractivity contribution in [3.63, 3.8) is 0 Å². The van der Waals surface area contributed by atoms with Gasteiger partial charge in [-0.2, -0.15) is 0 Å². The Kier molecular flexibility index (Phi) is 9.20. The third-order valence-electron chi connectivity index (χ3n) is 2.73. The summed E-state index contributed by atoms with van der Waals surface area (Å²) < 4.78 is 5.61. The molecule has 0 aliphatic heterocycles. The molecule has 1 N–H and O–H groups in total. The summed E-state index contributed by atoms with van der Waals surface area (Å²) in [6.07, 6.45) is 2.04. The Bertz CT molecular complexity index is 384. The van der Waals surface area contributed by atoms with Crippen molar-refractivity contribution < 1.29 is 9.84 Å². The molecule has 0 unspecified atom stereocenters. The van der Waals surface area contributed by atoms with Gasteiger partial charge in [0.15, 0.2) is 0 Å². The highest BCUT2D eigenvalue weighted by molar-refractivity contribution is 5.15. The van der Waals surface area contributed by atoms with Gasteiger partial charge in [-0.15, -0.1) is 0 Å². The zero-order chi connectivity index (χ0) is 14.5. The molecule has 0 spiro atoms. The average molecular weight is 272 g/mol. The van der Waals surface area contributed by atoms with Crippen LogP contribution in [0.5, 0.6) is 0 Å². The van der Waals surface area contributed by atoms with Crippen molar-refractivity contribution in [2.24, 2.45) is 0 Å². The lowest BCUT2D eigenvalue weighted by Gasteiger charge is -2.03. The quantitative estimate of drug-likeness (QED) is 0.854. The lowest BCUT2D eigenvalue weighted by atomic mass is 10.2. The van der Waals surface area contributed by atoms with Gasteiger partial charge >= 0.3 is 0 Å². The molecule has 2 aromatic rings. The molecule has 0 amide bonds. The third-order valence-corrected chi connectivity index (χ3v) is 2.73. The second kappa shape index (κ2) is 11.2. The Balaban J connectivity index is 0.000000347. The van der Waals surface area contributed by atoms with Crippen LogP contribution in [-0.2, 0) is 18.0 Å². The second-order valence-electron chi connectivity index (χ2n) is 4.54. The second-order valence-corrected chi connectivity index (χ2v) is 4.54. The Morgan fingerprint density at radius 3 is 1.55 bits per heavy atom. The summed E-state index contributed by atoms with van der Waals surface area (Å²) in [5.41, 5.74) is 2.43. The molecule has 20 heavy (non-hydrogen) atoms. The predicted octanol–water partition coefficient (Wildman–Crippen LogP) is 4.18. The minimum atomic E-state index is 0.344. The van der Waals surface area contributed by atoms with Crippen LogP contribution in [0.3, 0.4) is 0 Å². The minimum absolute atomic E-state index is 0.344. The normalized spacial score (nSPS) is 9.70. The maximum Gasteiger partial charge on any atom is 0.0721 e. The molecule has 2 nitrogen and oxygen atoms in total. The van der Waals surface area contributed by atoms with E-state index in [1.165, 1.54) is 11.1 Å². The summed E-state index contributed by atoms with van der Waals surface area (Å²) in [6, 6.07) is 20.4. The third kappa shape index (κ3) is 7.72. The first-order valence-corrected chi connectivity index (χ1v) is 7.13. The number of rotatable bonds is 6. The van der Waals surface area contributed by atoms with Crippen molar-refractivity contribution in [3.05, 3.63) is 71.8 Å². The molecule has 0 aliphatic rings. The molecule has 108 valence electrons. The Labute approximate surface area is 122 Å². The largest absolute Gasteiger partial charge is 0.396 e. The SMILES string of the molecule is CCCCO.c1ccc(COCc2ccccc2)cc1. The Morgan fingerprint density at radius 1 is 0.800 bits per heavy atom. The van der Waals surface area contributed by atoms with E-state index in [0.717, 1.165) is 12.8 Å². The van der Waals surface area contributed by atoms with E-state index in [0.29, 0.717) is 19.8 Å². The standard InChI is InChI=1S/C14H14O.C4H10O/c1-3-7-13(8-4-1)11-15-12-14-9-5-2-6-10-14;1-2-3-4-5/h1-10H,11-12H2;5H,2-4H2,1H3. The van der Waals surface area contributed by atoms with E-state index in [-0.39, 0.29) is 0 Å². The maximum atomic E-state index is 8.07. The van der Waals surface area contributed by atoms with Gasteiger partial charge < -0.3 is 9.84 Å². The van der Waals surface area contributed by atoms with E-state index in [1.54, 1.807) is 0 Å². The van der Waals surface area contributed by atoms with Crippen LogP contribution in [0.2, 0.25) is 0 Å². The van der Waals surface area contributed by atoms with Gasteiger partial charge in [0.25, 0.3) is 0 Å². The minimum Gasteiger partial charge on any atom is -0.396 e. The van der Waals surface area contributed by atoms with E-state index in [9.17, 15) is 0 Å². The number of benzene rings is 2. The lowest BCUT2D eigenvalue weighted by molar-refractivity contribution is 0.107. The van der Waals surface area contributed by atoms with Gasteiger partial charge in [0, 0.05) is 6.61 Å². The molecule has 0 aromatic heterocycles. The summed E-state index contributed by atoms with van der Waals surface area (Å²) in [4.78, 5) is 0. The number of aliphatic hydroxyl groups excluding tert-OH is 1. The van der Waals surface area contributed by atoms with Crippen molar-refractivity contribution in [2.75, 3.05) is 6.61 Å². The van der Waals surface area contributed by atoms with Crippen LogP contribution in [0.1, 0.15) is 30.9 Å². The van der Waals surface area contributed by atoms with E-state index < -0.39 is 0 Å². The van der Waals surface area contributed by atoms with Crippen LogP contribution in [0.15, 0.2) is 60.7 Å². The summed E-state index contributed by atoms with van der Waals surface area (Å²) in [6.45, 7) is 3.75. The number of hydrogen-bond donors (Lipinski definition) is 1. The number of unbranched alkanes of at least 4 members (excludes halogenated alkanes) is 1. The van der Waals surface area contributed by atoms with Crippen molar-refractivity contribution in [1.82, 2.24) is 0 Å². The van der Waals surface area contributed by atoms with Crippen LogP contribution in [0.25, 0.3) is 0 Å². The number of aliphatic hydroxyl groups is 1. The molecular weight excluding hydrogens is 248 g/mol. The molecule has 0 saturated carbocycles. The van der Waals surface area contributed by atoms with Gasteiger partial charge in [-0.25, -0.2) is 0 Å². The van der Waals surface area contributed by atoms with Crippen LogP contribution in [-0.4, -0.2) is 11.7 Å². The molecule has 0 atom stereocenters. The molecule has 2 heteroatoms. The smallest absolute Gasteiger partial charge is 0.0721 e. The highest BCUT2D eigenvalue weighted by Crippen LogP contribution is 2.05. The van der Waals surface area contributed by atoms with Gasteiger partial charge in [0.05, 0.1) is 13.2 Å². The highest BCUT2D eigenvalue weighted by atomic mass is 16.5. The fourth-order valence-corrected chi connectivity index (χ4v) is 1.59. The van der Waals surface area contributed by atoms with E-state index in [1.807, 2.05) is 36.4 Å². The first-order valence-electron chi connectivity index (χ1n) is 7.13. The van der Waals surface area contributed by atoms with Crippen molar-refractivity contribution in [3.8, 4) is 0 Å². The predicted molar refractivity (Wildman–Crippen MR) is 83.4 cm³/mol. The highest BCUT2D eigenvalue weighted by Gasteiger charge is 1.93. The van der Waals surface area contributed by atoms with E-state index in [2.05, 4.69) is 31.2 Å². The number of hydrogen-bond acceptors (Lipinski definition) is 2. The Morgan fingerprint density at radius 2 is 1.25 bits per heavy atom. The molecule has 0 aliphatic carbocycles. The van der Waals surface area contributed by atoms with Crippen molar-refractivity contribution in [1.29, 1.82) is 0 Å². The molecule has 0 fully saturated rings. The summed E-state index contributed by atoms with van der Waals surface area (Å²) in [7, 11) is 0. The van der Waals surface area contributed by atoms with Gasteiger partial charge in [-0.3, -0.25) is 0 Å². The van der Waals surface area contributed by atoms with Gasteiger partial charge in [0.2, 0.25) is 0 Å². The van der Waals surface area contributed by atoms with Gasteiger partial charge in [-0.1, -0.05) is 74.0 Å². The van der Waals surface area contributed by atoms with Gasteiger partial charge in [-0.05, 0) is 17.5 Å². The van der Waals surface area contributed by atoms with Crippen LogP contribution < -0.4 is 0 Å². The monoisotopic (exact) mass is 272 g/mol. The van der Waals surface area contributed by atoms with Gasteiger partial charge in [0.1, 0.15) is 0 Å². The van der Waals surface area contributed by atoms with Crippen LogP contribution in [0.4, 0.5) is 0 Å². The Hall–Kier alpha value is -1.64. The van der Waals surface area contributed by atoms with E-state index >= 15 is 0 Å². The fourth-order valence-electron chi connectivity index (χ4n) is 1.59.